The number of nitrogens with one attached hydrogen (secondary N) is 1. The fourth-order valence-electron chi connectivity index (χ4n) is 9.29. The van der Waals surface area contributed by atoms with E-state index < -0.39 is 49.5 Å². The van der Waals surface area contributed by atoms with E-state index in [-0.39, 0.29) is 12.5 Å². The third-order valence-corrected chi connectivity index (χ3v) is 13.9. The van der Waals surface area contributed by atoms with Crippen molar-refractivity contribution in [3.8, 4) is 0 Å². The molecule has 0 saturated carbocycles. The molecule has 1 rings (SSSR count). The number of rotatable bonds is 50. The number of aliphatic hydroxyl groups excluding tert-OH is 5. The molecule has 0 radical (unpaired) electrons. The molecule has 0 aromatic carbocycles. The van der Waals surface area contributed by atoms with Gasteiger partial charge in [-0.3, -0.25) is 4.79 Å². The zero-order valence-electron chi connectivity index (χ0n) is 44.4. The molecule has 1 aliphatic heterocycles. The first-order valence-corrected chi connectivity index (χ1v) is 29.2. The summed E-state index contributed by atoms with van der Waals surface area (Å²) in [7, 11) is 0. The zero-order valence-corrected chi connectivity index (χ0v) is 44.4. The van der Waals surface area contributed by atoms with Crippen LogP contribution in [0.5, 0.6) is 0 Å². The number of ether oxygens (including phenoxy) is 2. The van der Waals surface area contributed by atoms with Crippen LogP contribution in [0, 0.1) is 0 Å². The maximum atomic E-state index is 13.0. The Morgan fingerprint density at radius 1 is 0.485 bits per heavy atom. The number of amides is 1. The van der Waals surface area contributed by atoms with Gasteiger partial charge in [0.25, 0.3) is 0 Å². The van der Waals surface area contributed by atoms with Gasteiger partial charge in [0.1, 0.15) is 24.4 Å². The highest BCUT2D eigenvalue weighted by molar-refractivity contribution is 5.76. The Balaban J connectivity index is 2.22. The Kier molecular flexibility index (Phi) is 46.4. The van der Waals surface area contributed by atoms with E-state index in [4.69, 9.17) is 9.47 Å². The largest absolute Gasteiger partial charge is 0.394 e. The normalized spacial score (nSPS) is 19.8. The van der Waals surface area contributed by atoms with Crippen molar-refractivity contribution in [1.82, 2.24) is 5.32 Å². The first-order chi connectivity index (χ1) is 33.3. The molecule has 0 aromatic heterocycles. The van der Waals surface area contributed by atoms with Crippen molar-refractivity contribution in [2.75, 3.05) is 13.2 Å². The molecule has 1 heterocycles. The van der Waals surface area contributed by atoms with Gasteiger partial charge in [-0.25, -0.2) is 0 Å². The highest BCUT2D eigenvalue weighted by Gasteiger charge is 2.44. The van der Waals surface area contributed by atoms with E-state index in [0.717, 1.165) is 38.5 Å². The summed E-state index contributed by atoms with van der Waals surface area (Å²) >= 11 is 0. The molecule has 1 amide bonds. The third-order valence-electron chi connectivity index (χ3n) is 13.9. The second-order valence-electron chi connectivity index (χ2n) is 20.4. The van der Waals surface area contributed by atoms with Crippen molar-refractivity contribution in [1.29, 1.82) is 0 Å². The summed E-state index contributed by atoms with van der Waals surface area (Å²) in [4.78, 5) is 13.0. The van der Waals surface area contributed by atoms with E-state index in [1.54, 1.807) is 6.08 Å². The van der Waals surface area contributed by atoms with Gasteiger partial charge in [-0.2, -0.15) is 0 Å². The summed E-state index contributed by atoms with van der Waals surface area (Å²) in [5, 5.41) is 54.5. The van der Waals surface area contributed by atoms with Gasteiger partial charge < -0.3 is 40.3 Å². The number of unbranched alkanes of at least 4 members (excludes halogenated alkanes) is 36. The van der Waals surface area contributed by atoms with Crippen LogP contribution >= 0.6 is 0 Å². The molecule has 7 atom stereocenters. The van der Waals surface area contributed by atoms with Crippen LogP contribution < -0.4 is 5.32 Å². The SMILES string of the molecule is CCCCCCCCCCCCCC/C=C\CCCCCCCCCCCCCC(=O)NC(COC1OC(CO)C(O)C(O)C1O)C(O)/C=C/CC/C=C/CCCCCCCCCCCCCC. The van der Waals surface area contributed by atoms with Crippen molar-refractivity contribution >= 4 is 5.91 Å². The predicted octanol–water partition coefficient (Wildman–Crippen LogP) is 14.4. The van der Waals surface area contributed by atoms with Crippen LogP contribution in [0.15, 0.2) is 36.5 Å². The van der Waals surface area contributed by atoms with Crippen LogP contribution in [0.4, 0.5) is 0 Å². The summed E-state index contributed by atoms with van der Waals surface area (Å²) in [5.41, 5.74) is 0. The van der Waals surface area contributed by atoms with E-state index in [1.807, 2.05) is 6.08 Å². The van der Waals surface area contributed by atoms with Gasteiger partial charge in [0.05, 0.1) is 25.4 Å². The molecule has 9 heteroatoms. The second-order valence-corrected chi connectivity index (χ2v) is 20.4. The average molecular weight is 963 g/mol. The number of hydrogen-bond donors (Lipinski definition) is 6. The van der Waals surface area contributed by atoms with Gasteiger partial charge in [-0.1, -0.05) is 249 Å². The molecule has 1 aliphatic rings. The standard InChI is InChI=1S/C59H111NO8/c1-3-5-7-9-11-13-15-17-19-21-23-24-25-26-27-28-29-30-31-33-35-37-39-41-43-45-47-49-55(63)60-52(51-67-59-58(66)57(65)56(64)54(50-61)68-59)53(62)48-46-44-42-40-38-36-34-32-22-20-18-16-14-12-10-8-6-4-2/h26-27,38,40,46,48,52-54,56-59,61-62,64-66H,3-25,28-37,39,41-45,47,49-51H2,1-2H3,(H,60,63)/b27-26-,40-38+,48-46+. The lowest BCUT2D eigenvalue weighted by molar-refractivity contribution is -0.302. The van der Waals surface area contributed by atoms with Gasteiger partial charge in [-0.05, 0) is 57.8 Å². The summed E-state index contributed by atoms with van der Waals surface area (Å²) in [6.07, 6.45) is 56.4. The van der Waals surface area contributed by atoms with Crippen molar-refractivity contribution in [3.05, 3.63) is 36.5 Å². The van der Waals surface area contributed by atoms with Crippen LogP contribution in [0.2, 0.25) is 0 Å². The van der Waals surface area contributed by atoms with E-state index in [0.29, 0.717) is 6.42 Å². The molecule has 7 unspecified atom stereocenters. The molecule has 9 nitrogen and oxygen atoms in total. The molecule has 6 N–H and O–H groups in total. The Bertz CT molecular complexity index is 1160. The minimum atomic E-state index is -1.57. The van der Waals surface area contributed by atoms with Gasteiger partial charge >= 0.3 is 0 Å². The Morgan fingerprint density at radius 2 is 0.838 bits per heavy atom. The fourth-order valence-corrected chi connectivity index (χ4v) is 9.29. The maximum Gasteiger partial charge on any atom is 0.220 e. The molecule has 1 fully saturated rings. The van der Waals surface area contributed by atoms with E-state index >= 15 is 0 Å². The predicted molar refractivity (Wildman–Crippen MR) is 286 cm³/mol. The first-order valence-electron chi connectivity index (χ1n) is 29.2. The lowest BCUT2D eigenvalue weighted by Crippen LogP contribution is -2.60. The monoisotopic (exact) mass is 962 g/mol. The molecular formula is C59H111NO8. The number of carbonyl (C=O) groups is 1. The van der Waals surface area contributed by atoms with Crippen molar-refractivity contribution < 1.29 is 39.8 Å². The molecule has 400 valence electrons. The number of carbonyl (C=O) groups excluding carboxylic acids is 1. The van der Waals surface area contributed by atoms with Crippen LogP contribution in [0.25, 0.3) is 0 Å². The van der Waals surface area contributed by atoms with Crippen LogP contribution in [0.1, 0.15) is 277 Å². The first kappa shape index (κ1) is 64.4. The van der Waals surface area contributed by atoms with Crippen LogP contribution in [-0.4, -0.2) is 87.5 Å². The van der Waals surface area contributed by atoms with Crippen LogP contribution in [0.3, 0.4) is 0 Å². The minimum absolute atomic E-state index is 0.185. The van der Waals surface area contributed by atoms with Crippen molar-refractivity contribution in [2.24, 2.45) is 0 Å². The van der Waals surface area contributed by atoms with E-state index in [2.05, 4.69) is 43.5 Å². The highest BCUT2D eigenvalue weighted by Crippen LogP contribution is 2.23. The van der Waals surface area contributed by atoms with Crippen LogP contribution in [-0.2, 0) is 14.3 Å². The Morgan fingerprint density at radius 3 is 1.24 bits per heavy atom. The molecular weight excluding hydrogens is 851 g/mol. The van der Waals surface area contributed by atoms with Crippen molar-refractivity contribution in [2.45, 2.75) is 320 Å². The maximum absolute atomic E-state index is 13.0. The average Bonchev–Trinajstić information content (AvgIpc) is 3.34. The summed E-state index contributed by atoms with van der Waals surface area (Å²) < 4.78 is 11.3. The topological polar surface area (TPSA) is 149 Å². The van der Waals surface area contributed by atoms with Gasteiger partial charge in [0.15, 0.2) is 6.29 Å². The number of allylic oxidation sites excluding steroid dienone is 5. The molecule has 1 saturated heterocycles. The van der Waals surface area contributed by atoms with Gasteiger partial charge in [0, 0.05) is 6.42 Å². The smallest absolute Gasteiger partial charge is 0.220 e. The zero-order chi connectivity index (χ0) is 49.4. The molecule has 0 bridgehead atoms. The third kappa shape index (κ3) is 38.1. The Hall–Kier alpha value is -1.59. The highest BCUT2D eigenvalue weighted by atomic mass is 16.7. The fraction of sp³-hybridized carbons (Fsp3) is 0.881. The van der Waals surface area contributed by atoms with E-state index in [1.165, 1.54) is 218 Å². The number of hydrogen-bond acceptors (Lipinski definition) is 8. The van der Waals surface area contributed by atoms with Gasteiger partial charge in [-0.15, -0.1) is 0 Å². The summed E-state index contributed by atoms with van der Waals surface area (Å²) in [5.74, 6) is -0.185. The summed E-state index contributed by atoms with van der Waals surface area (Å²) in [6.45, 7) is 3.79. The Labute approximate surface area is 419 Å². The molecule has 68 heavy (non-hydrogen) atoms. The van der Waals surface area contributed by atoms with E-state index in [9.17, 15) is 30.3 Å². The number of aliphatic hydroxyl groups is 5. The van der Waals surface area contributed by atoms with Gasteiger partial charge in [0.2, 0.25) is 5.91 Å². The van der Waals surface area contributed by atoms with Crippen molar-refractivity contribution in [3.63, 3.8) is 0 Å². The minimum Gasteiger partial charge on any atom is -0.394 e. The quantitative estimate of drug-likeness (QED) is 0.0261. The molecule has 0 spiro atoms. The lowest BCUT2D eigenvalue weighted by atomic mass is 9.99. The lowest BCUT2D eigenvalue weighted by Gasteiger charge is -2.40. The summed E-state index contributed by atoms with van der Waals surface area (Å²) in [6, 6.07) is -0.821. The second kappa shape index (κ2) is 49.0. The molecule has 0 aliphatic carbocycles. The molecule has 0 aromatic rings.